The van der Waals surface area contributed by atoms with Crippen molar-refractivity contribution >= 4 is 21.7 Å². The Morgan fingerprint density at radius 1 is 1.55 bits per heavy atom. The number of hydrogen-bond donors (Lipinski definition) is 0. The summed E-state index contributed by atoms with van der Waals surface area (Å²) in [6, 6.07) is 0. The standard InChI is InChI=1S/C7H9BrF2O/c8-3-6(11)4-1-5(2-4)7(9)10/h4-5,7H,1-3H2. The summed E-state index contributed by atoms with van der Waals surface area (Å²) in [5.74, 6) is -0.571. The molecule has 1 nitrogen and oxygen atoms in total. The Labute approximate surface area is 72.3 Å². The SMILES string of the molecule is O=C(CBr)C1CC(C(F)F)C1. The van der Waals surface area contributed by atoms with Gasteiger partial charge in [-0.05, 0) is 12.8 Å². The fraction of sp³-hybridized carbons (Fsp3) is 0.857. The second-order valence-corrected chi connectivity index (χ2v) is 3.42. The lowest BCUT2D eigenvalue weighted by Crippen LogP contribution is -2.34. The molecular formula is C7H9BrF2O. The molecule has 0 aliphatic heterocycles. The van der Waals surface area contributed by atoms with Crippen LogP contribution in [0.1, 0.15) is 12.8 Å². The Bertz CT molecular complexity index is 155. The van der Waals surface area contributed by atoms with Crippen molar-refractivity contribution in [3.8, 4) is 0 Å². The van der Waals surface area contributed by atoms with Crippen molar-refractivity contribution in [2.45, 2.75) is 19.3 Å². The van der Waals surface area contributed by atoms with Crippen LogP contribution in [0.25, 0.3) is 0 Å². The van der Waals surface area contributed by atoms with Crippen molar-refractivity contribution in [3.63, 3.8) is 0 Å². The zero-order valence-electron chi connectivity index (χ0n) is 5.90. The maximum absolute atomic E-state index is 11.9. The lowest BCUT2D eigenvalue weighted by Gasteiger charge is -2.32. The number of halogens is 3. The third kappa shape index (κ3) is 1.98. The third-order valence-electron chi connectivity index (χ3n) is 2.12. The second-order valence-electron chi connectivity index (χ2n) is 2.86. The molecule has 0 aromatic heterocycles. The molecule has 11 heavy (non-hydrogen) atoms. The van der Waals surface area contributed by atoms with Gasteiger partial charge in [0, 0.05) is 11.8 Å². The number of hydrogen-bond acceptors (Lipinski definition) is 1. The highest BCUT2D eigenvalue weighted by Gasteiger charge is 2.38. The van der Waals surface area contributed by atoms with Gasteiger partial charge in [-0.3, -0.25) is 4.79 Å². The summed E-state index contributed by atoms with van der Waals surface area (Å²) in [6.07, 6.45) is -1.49. The van der Waals surface area contributed by atoms with E-state index in [4.69, 9.17) is 0 Å². The van der Waals surface area contributed by atoms with E-state index in [0.717, 1.165) is 0 Å². The fourth-order valence-corrected chi connectivity index (χ4v) is 1.70. The molecule has 1 rings (SSSR count). The Balaban J connectivity index is 2.24. The summed E-state index contributed by atoms with van der Waals surface area (Å²) >= 11 is 3.01. The van der Waals surface area contributed by atoms with Crippen LogP contribution in [0.3, 0.4) is 0 Å². The molecule has 0 saturated heterocycles. The molecule has 1 aliphatic rings. The largest absolute Gasteiger partial charge is 0.298 e. The maximum Gasteiger partial charge on any atom is 0.241 e. The molecule has 0 aromatic carbocycles. The number of ketones is 1. The zero-order chi connectivity index (χ0) is 8.43. The predicted octanol–water partition coefficient (Wildman–Crippen LogP) is 2.24. The maximum atomic E-state index is 11.9. The Kier molecular flexibility index (Phi) is 2.98. The molecule has 0 heterocycles. The molecule has 1 saturated carbocycles. The zero-order valence-corrected chi connectivity index (χ0v) is 7.48. The van der Waals surface area contributed by atoms with Gasteiger partial charge in [-0.1, -0.05) is 15.9 Å². The third-order valence-corrected chi connectivity index (χ3v) is 2.67. The Morgan fingerprint density at radius 3 is 2.45 bits per heavy atom. The highest BCUT2D eigenvalue weighted by molar-refractivity contribution is 9.09. The molecule has 0 atom stereocenters. The van der Waals surface area contributed by atoms with Crippen molar-refractivity contribution in [3.05, 3.63) is 0 Å². The summed E-state index contributed by atoms with van der Waals surface area (Å²) in [4.78, 5) is 10.9. The highest BCUT2D eigenvalue weighted by Crippen LogP contribution is 2.38. The minimum absolute atomic E-state index is 0.0573. The van der Waals surface area contributed by atoms with Gasteiger partial charge < -0.3 is 0 Å². The predicted molar refractivity (Wildman–Crippen MR) is 41.0 cm³/mol. The van der Waals surface area contributed by atoms with Crippen LogP contribution in [-0.2, 0) is 4.79 Å². The molecule has 0 aromatic rings. The van der Waals surface area contributed by atoms with Crippen LogP contribution in [0.5, 0.6) is 0 Å². The molecular weight excluding hydrogens is 218 g/mol. The van der Waals surface area contributed by atoms with Crippen LogP contribution in [0.2, 0.25) is 0 Å². The van der Waals surface area contributed by atoms with Crippen LogP contribution >= 0.6 is 15.9 Å². The van der Waals surface area contributed by atoms with Crippen molar-refractivity contribution < 1.29 is 13.6 Å². The Hall–Kier alpha value is 0.01000. The fourth-order valence-electron chi connectivity index (χ4n) is 1.24. The minimum Gasteiger partial charge on any atom is -0.298 e. The topological polar surface area (TPSA) is 17.1 Å². The summed E-state index contributed by atoms with van der Waals surface area (Å²) in [6.45, 7) is 0. The second kappa shape index (κ2) is 3.61. The lowest BCUT2D eigenvalue weighted by molar-refractivity contribution is -0.126. The van der Waals surface area contributed by atoms with Gasteiger partial charge in [0.2, 0.25) is 6.43 Å². The van der Waals surface area contributed by atoms with Crippen LogP contribution in [0.4, 0.5) is 8.78 Å². The van der Waals surface area contributed by atoms with Gasteiger partial charge in [-0.25, -0.2) is 8.78 Å². The molecule has 0 amide bonds. The van der Waals surface area contributed by atoms with Crippen LogP contribution in [0, 0.1) is 11.8 Å². The summed E-state index contributed by atoms with van der Waals surface area (Å²) in [5.41, 5.74) is 0. The normalized spacial score (nSPS) is 30.2. The van der Waals surface area contributed by atoms with Gasteiger partial charge in [0.05, 0.1) is 5.33 Å². The molecule has 1 aliphatic carbocycles. The Morgan fingerprint density at radius 2 is 2.09 bits per heavy atom. The molecule has 1 fully saturated rings. The van der Waals surface area contributed by atoms with E-state index >= 15 is 0 Å². The van der Waals surface area contributed by atoms with E-state index in [9.17, 15) is 13.6 Å². The minimum atomic E-state index is -2.24. The van der Waals surface area contributed by atoms with Crippen molar-refractivity contribution in [2.75, 3.05) is 5.33 Å². The van der Waals surface area contributed by atoms with Crippen LogP contribution in [-0.4, -0.2) is 17.5 Å². The summed E-state index contributed by atoms with van der Waals surface area (Å²) in [5, 5.41) is 0.299. The molecule has 64 valence electrons. The number of Topliss-reactive ketones (excluding diaryl/α,β-unsaturated/α-hetero) is 1. The number of rotatable bonds is 3. The average Bonchev–Trinajstić information content (AvgIpc) is 1.83. The van der Waals surface area contributed by atoms with Crippen LogP contribution < -0.4 is 0 Å². The van der Waals surface area contributed by atoms with Gasteiger partial charge in [-0.2, -0.15) is 0 Å². The van der Waals surface area contributed by atoms with E-state index in [2.05, 4.69) is 15.9 Å². The van der Waals surface area contributed by atoms with E-state index in [1.54, 1.807) is 0 Å². The monoisotopic (exact) mass is 226 g/mol. The smallest absolute Gasteiger partial charge is 0.241 e. The van der Waals surface area contributed by atoms with E-state index in [1.165, 1.54) is 0 Å². The lowest BCUT2D eigenvalue weighted by atomic mass is 9.73. The first kappa shape index (κ1) is 9.10. The average molecular weight is 227 g/mol. The highest BCUT2D eigenvalue weighted by atomic mass is 79.9. The van der Waals surface area contributed by atoms with Crippen LogP contribution in [0.15, 0.2) is 0 Å². The van der Waals surface area contributed by atoms with Gasteiger partial charge in [0.25, 0.3) is 0 Å². The number of carbonyl (C=O) groups is 1. The number of alkyl halides is 3. The van der Waals surface area contributed by atoms with E-state index in [-0.39, 0.29) is 11.7 Å². The van der Waals surface area contributed by atoms with Gasteiger partial charge >= 0.3 is 0 Å². The number of carbonyl (C=O) groups excluding carboxylic acids is 1. The summed E-state index contributed by atoms with van der Waals surface area (Å²) < 4.78 is 23.8. The van der Waals surface area contributed by atoms with Gasteiger partial charge in [0.15, 0.2) is 0 Å². The van der Waals surface area contributed by atoms with Crippen molar-refractivity contribution in [1.29, 1.82) is 0 Å². The van der Waals surface area contributed by atoms with Gasteiger partial charge in [-0.15, -0.1) is 0 Å². The molecule has 0 N–H and O–H groups in total. The first-order chi connectivity index (χ1) is 5.15. The molecule has 0 spiro atoms. The van der Waals surface area contributed by atoms with E-state index in [0.29, 0.717) is 18.2 Å². The quantitative estimate of drug-likeness (QED) is 0.675. The molecule has 0 radical (unpaired) electrons. The summed E-state index contributed by atoms with van der Waals surface area (Å²) in [7, 11) is 0. The van der Waals surface area contributed by atoms with E-state index < -0.39 is 12.3 Å². The molecule has 0 unspecified atom stereocenters. The first-order valence-electron chi connectivity index (χ1n) is 3.52. The van der Waals surface area contributed by atoms with Crippen molar-refractivity contribution in [1.82, 2.24) is 0 Å². The molecule has 0 bridgehead atoms. The molecule has 4 heteroatoms. The first-order valence-corrected chi connectivity index (χ1v) is 4.64. The van der Waals surface area contributed by atoms with Crippen molar-refractivity contribution in [2.24, 2.45) is 11.8 Å². The van der Waals surface area contributed by atoms with E-state index in [1.807, 2.05) is 0 Å². The van der Waals surface area contributed by atoms with Gasteiger partial charge in [0.1, 0.15) is 5.78 Å².